The van der Waals surface area contributed by atoms with E-state index in [1.807, 2.05) is 37.3 Å². The molecule has 0 heterocycles. The Hall–Kier alpha value is -2.66. The van der Waals surface area contributed by atoms with Crippen molar-refractivity contribution >= 4 is 11.9 Å². The predicted molar refractivity (Wildman–Crippen MR) is 75.7 cm³/mol. The van der Waals surface area contributed by atoms with Crippen LogP contribution in [0, 0.1) is 18.3 Å². The Morgan fingerprint density at radius 3 is 2.58 bits per heavy atom. The van der Waals surface area contributed by atoms with E-state index in [4.69, 9.17) is 5.26 Å². The average molecular weight is 247 g/mol. The van der Waals surface area contributed by atoms with Crippen LogP contribution in [0.1, 0.15) is 27.0 Å². The summed E-state index contributed by atoms with van der Waals surface area (Å²) in [4.78, 5) is 11.9. The highest BCUT2D eigenvalue weighted by Gasteiger charge is 2.00. The summed E-state index contributed by atoms with van der Waals surface area (Å²) in [5, 5.41) is 8.80. The van der Waals surface area contributed by atoms with Gasteiger partial charge >= 0.3 is 0 Å². The highest BCUT2D eigenvalue weighted by Crippen LogP contribution is 2.09. The standard InChI is InChI=1S/C17H13NO/c1-13-5-8-16(9-6-13)17(19)10-7-14-3-2-4-15(11-14)12-18/h2-11H,1H3/b10-7+. The SMILES string of the molecule is Cc1ccc(C(=O)/C=C/c2cccc(C#N)c2)cc1. The van der Waals surface area contributed by atoms with Gasteiger partial charge in [-0.1, -0.05) is 48.0 Å². The molecule has 2 aromatic rings. The third-order valence-corrected chi connectivity index (χ3v) is 2.78. The molecule has 92 valence electrons. The number of nitriles is 1. The summed E-state index contributed by atoms with van der Waals surface area (Å²) in [5.74, 6) is -0.0395. The van der Waals surface area contributed by atoms with Gasteiger partial charge in [0, 0.05) is 5.56 Å². The number of carbonyl (C=O) groups excluding carboxylic acids is 1. The van der Waals surface area contributed by atoms with Crippen molar-refractivity contribution < 1.29 is 4.79 Å². The van der Waals surface area contributed by atoms with Gasteiger partial charge in [-0.2, -0.15) is 5.26 Å². The Balaban J connectivity index is 2.16. The number of allylic oxidation sites excluding steroid dienone is 1. The molecule has 2 nitrogen and oxygen atoms in total. The maximum absolute atomic E-state index is 11.9. The zero-order valence-corrected chi connectivity index (χ0v) is 10.6. The monoisotopic (exact) mass is 247 g/mol. The Morgan fingerprint density at radius 1 is 1.16 bits per heavy atom. The summed E-state index contributed by atoms with van der Waals surface area (Å²) >= 11 is 0. The first-order chi connectivity index (χ1) is 9.19. The Morgan fingerprint density at radius 2 is 1.89 bits per heavy atom. The van der Waals surface area contributed by atoms with Crippen molar-refractivity contribution in [3.63, 3.8) is 0 Å². The number of hydrogen-bond donors (Lipinski definition) is 0. The van der Waals surface area contributed by atoms with Crippen molar-refractivity contribution in [1.82, 2.24) is 0 Å². The van der Waals surface area contributed by atoms with Crippen LogP contribution in [0.4, 0.5) is 0 Å². The molecule has 0 aliphatic heterocycles. The normalized spacial score (nSPS) is 10.3. The zero-order valence-electron chi connectivity index (χ0n) is 10.6. The van der Waals surface area contributed by atoms with Gasteiger partial charge in [0.1, 0.15) is 0 Å². The van der Waals surface area contributed by atoms with Crippen molar-refractivity contribution in [3.8, 4) is 6.07 Å². The first-order valence-corrected chi connectivity index (χ1v) is 5.98. The third-order valence-electron chi connectivity index (χ3n) is 2.78. The topological polar surface area (TPSA) is 40.9 Å². The lowest BCUT2D eigenvalue weighted by Crippen LogP contribution is -1.93. The van der Waals surface area contributed by atoms with Crippen molar-refractivity contribution in [2.24, 2.45) is 0 Å². The smallest absolute Gasteiger partial charge is 0.185 e. The molecular weight excluding hydrogens is 234 g/mol. The fourth-order valence-electron chi connectivity index (χ4n) is 1.70. The van der Waals surface area contributed by atoms with Crippen molar-refractivity contribution in [2.75, 3.05) is 0 Å². The Labute approximate surface area is 112 Å². The van der Waals surface area contributed by atoms with Gasteiger partial charge in [0.05, 0.1) is 11.6 Å². The maximum Gasteiger partial charge on any atom is 0.185 e. The minimum absolute atomic E-state index is 0.0395. The molecule has 2 aromatic carbocycles. The van der Waals surface area contributed by atoms with E-state index in [0.717, 1.165) is 11.1 Å². The molecule has 0 aliphatic carbocycles. The van der Waals surface area contributed by atoms with Crippen LogP contribution in [0.3, 0.4) is 0 Å². The highest BCUT2D eigenvalue weighted by molar-refractivity contribution is 6.06. The molecule has 0 N–H and O–H groups in total. The molecule has 0 fully saturated rings. The number of aryl methyl sites for hydroxylation is 1. The second-order valence-electron chi connectivity index (χ2n) is 4.30. The van der Waals surface area contributed by atoms with Crippen molar-refractivity contribution in [3.05, 3.63) is 76.9 Å². The van der Waals surface area contributed by atoms with Gasteiger partial charge in [-0.15, -0.1) is 0 Å². The van der Waals surface area contributed by atoms with E-state index in [2.05, 4.69) is 6.07 Å². The first-order valence-electron chi connectivity index (χ1n) is 5.98. The van der Waals surface area contributed by atoms with E-state index >= 15 is 0 Å². The van der Waals surface area contributed by atoms with Gasteiger partial charge in [0.25, 0.3) is 0 Å². The second kappa shape index (κ2) is 5.79. The summed E-state index contributed by atoms with van der Waals surface area (Å²) in [6.07, 6.45) is 3.25. The molecule has 0 saturated carbocycles. The van der Waals surface area contributed by atoms with Crippen LogP contribution in [-0.4, -0.2) is 5.78 Å². The molecule has 2 rings (SSSR count). The summed E-state index contributed by atoms with van der Waals surface area (Å²) in [6.45, 7) is 1.98. The van der Waals surface area contributed by atoms with E-state index < -0.39 is 0 Å². The Kier molecular flexibility index (Phi) is 3.90. The minimum Gasteiger partial charge on any atom is -0.289 e. The van der Waals surface area contributed by atoms with Gasteiger partial charge in [0.2, 0.25) is 0 Å². The Bertz CT molecular complexity index is 660. The number of nitrogens with zero attached hydrogens (tertiary/aromatic N) is 1. The van der Waals surface area contributed by atoms with Gasteiger partial charge in [-0.3, -0.25) is 4.79 Å². The molecule has 0 saturated heterocycles. The van der Waals surface area contributed by atoms with Crippen LogP contribution >= 0.6 is 0 Å². The van der Waals surface area contributed by atoms with Crippen molar-refractivity contribution in [1.29, 1.82) is 5.26 Å². The van der Waals surface area contributed by atoms with Crippen LogP contribution in [0.5, 0.6) is 0 Å². The predicted octanol–water partition coefficient (Wildman–Crippen LogP) is 3.76. The molecule has 0 aromatic heterocycles. The average Bonchev–Trinajstić information content (AvgIpc) is 2.46. The molecule has 0 amide bonds. The lowest BCUT2D eigenvalue weighted by Gasteiger charge is -1.97. The van der Waals surface area contributed by atoms with E-state index in [-0.39, 0.29) is 5.78 Å². The fourth-order valence-corrected chi connectivity index (χ4v) is 1.70. The summed E-state index contributed by atoms with van der Waals surface area (Å²) in [7, 11) is 0. The molecule has 0 radical (unpaired) electrons. The van der Waals surface area contributed by atoms with Crippen LogP contribution in [0.2, 0.25) is 0 Å². The lowest BCUT2D eigenvalue weighted by atomic mass is 10.1. The summed E-state index contributed by atoms with van der Waals surface area (Å²) in [5.41, 5.74) is 3.23. The number of benzene rings is 2. The summed E-state index contributed by atoms with van der Waals surface area (Å²) < 4.78 is 0. The maximum atomic E-state index is 11.9. The molecule has 0 atom stereocenters. The van der Waals surface area contributed by atoms with E-state index in [1.165, 1.54) is 6.08 Å². The highest BCUT2D eigenvalue weighted by atomic mass is 16.1. The van der Waals surface area contributed by atoms with E-state index in [9.17, 15) is 4.79 Å². The molecule has 19 heavy (non-hydrogen) atoms. The van der Waals surface area contributed by atoms with E-state index in [0.29, 0.717) is 11.1 Å². The fraction of sp³-hybridized carbons (Fsp3) is 0.0588. The minimum atomic E-state index is -0.0395. The van der Waals surface area contributed by atoms with Crippen molar-refractivity contribution in [2.45, 2.75) is 6.92 Å². The largest absolute Gasteiger partial charge is 0.289 e. The van der Waals surface area contributed by atoms with Crippen LogP contribution in [-0.2, 0) is 0 Å². The molecule has 0 bridgehead atoms. The van der Waals surface area contributed by atoms with Gasteiger partial charge in [-0.25, -0.2) is 0 Å². The van der Waals surface area contributed by atoms with Crippen LogP contribution in [0.15, 0.2) is 54.6 Å². The molecular formula is C17H13NO. The molecule has 0 unspecified atom stereocenters. The van der Waals surface area contributed by atoms with Gasteiger partial charge < -0.3 is 0 Å². The lowest BCUT2D eigenvalue weighted by molar-refractivity contribution is 0.104. The van der Waals surface area contributed by atoms with Crippen LogP contribution in [0.25, 0.3) is 6.08 Å². The zero-order chi connectivity index (χ0) is 13.7. The van der Waals surface area contributed by atoms with Gasteiger partial charge in [0.15, 0.2) is 5.78 Å². The van der Waals surface area contributed by atoms with Gasteiger partial charge in [-0.05, 0) is 30.7 Å². The second-order valence-corrected chi connectivity index (χ2v) is 4.30. The quantitative estimate of drug-likeness (QED) is 0.612. The number of carbonyl (C=O) groups is 1. The summed E-state index contributed by atoms with van der Waals surface area (Å²) in [6, 6.07) is 16.7. The number of rotatable bonds is 3. The third kappa shape index (κ3) is 3.40. The number of ketones is 1. The number of hydrogen-bond acceptors (Lipinski definition) is 2. The van der Waals surface area contributed by atoms with Crippen LogP contribution < -0.4 is 0 Å². The first kappa shape index (κ1) is 12.8. The van der Waals surface area contributed by atoms with E-state index in [1.54, 1.807) is 24.3 Å². The molecule has 2 heteroatoms. The molecule has 0 spiro atoms. The molecule has 0 aliphatic rings.